The monoisotopic (exact) mass is 553 g/mol. The number of aromatic amines is 1. The normalized spacial score (nSPS) is 18.5. The number of aromatic nitrogens is 3. The number of hydrogen-bond acceptors (Lipinski definition) is 8. The number of piperidine rings is 1. The van der Waals surface area contributed by atoms with Gasteiger partial charge in [0.05, 0.1) is 28.4 Å². The number of pyridine rings is 1. The predicted molar refractivity (Wildman–Crippen MR) is 144 cm³/mol. The van der Waals surface area contributed by atoms with E-state index in [0.717, 1.165) is 0 Å². The topological polar surface area (TPSA) is 153 Å². The van der Waals surface area contributed by atoms with Crippen LogP contribution in [-0.4, -0.2) is 64.2 Å². The summed E-state index contributed by atoms with van der Waals surface area (Å²) in [5.41, 5.74) is 0.0934. The molecule has 0 unspecified atom stereocenters. The smallest absolute Gasteiger partial charge is 0.410 e. The Balaban J connectivity index is 1.50. The molecular formula is C26H31N7O5S. The molecule has 3 aromatic rings. The second-order valence-electron chi connectivity index (χ2n) is 11.1. The standard InChI is InChI=1S/C26H31N7O5S/c1-25(2,3)38-24(35)32-13-9-26(8-11-27,10-14-32)33-19-7-12-28-23(34)21(19)22(30-33)29-18-5-6-20-17(15-18)16-31(4)39(20,36)37/h5-7,12,15H,8-10,13-14,16H2,1-4H3,(H,28,34)(H,29,30). The van der Waals surface area contributed by atoms with E-state index in [1.54, 1.807) is 40.0 Å². The summed E-state index contributed by atoms with van der Waals surface area (Å²) in [5.74, 6) is 0.299. The van der Waals surface area contributed by atoms with Crippen LogP contribution >= 0.6 is 0 Å². The zero-order valence-electron chi connectivity index (χ0n) is 22.3. The molecule has 2 aliphatic rings. The van der Waals surface area contributed by atoms with Crippen molar-refractivity contribution in [2.24, 2.45) is 0 Å². The molecule has 206 valence electrons. The number of carbonyl (C=O) groups excluding carboxylic acids is 1. The number of fused-ring (bicyclic) bond motifs is 2. The van der Waals surface area contributed by atoms with Crippen molar-refractivity contribution in [2.45, 2.75) is 62.6 Å². The van der Waals surface area contributed by atoms with Gasteiger partial charge in [-0.25, -0.2) is 13.2 Å². The number of sulfonamides is 1. The molecular weight excluding hydrogens is 522 g/mol. The zero-order valence-corrected chi connectivity index (χ0v) is 23.1. The first-order valence-electron chi connectivity index (χ1n) is 12.7. The fraction of sp³-hybridized carbons (Fsp3) is 0.462. The van der Waals surface area contributed by atoms with Crippen LogP contribution in [0.5, 0.6) is 0 Å². The Morgan fingerprint density at radius 1 is 1.26 bits per heavy atom. The van der Waals surface area contributed by atoms with Crippen molar-refractivity contribution in [1.29, 1.82) is 5.26 Å². The summed E-state index contributed by atoms with van der Waals surface area (Å²) >= 11 is 0. The fourth-order valence-corrected chi connectivity index (χ4v) is 6.57. The summed E-state index contributed by atoms with van der Waals surface area (Å²) in [4.78, 5) is 30.2. The second kappa shape index (κ2) is 9.39. The molecule has 0 spiro atoms. The number of amides is 1. The molecule has 1 saturated heterocycles. The van der Waals surface area contributed by atoms with Crippen molar-refractivity contribution < 1.29 is 17.9 Å². The molecule has 13 heteroatoms. The van der Waals surface area contributed by atoms with Gasteiger partial charge in [0.15, 0.2) is 5.82 Å². The first-order chi connectivity index (χ1) is 18.3. The van der Waals surface area contributed by atoms with Gasteiger partial charge in [-0.05, 0) is 63.4 Å². The Labute approximate surface area is 226 Å². The number of hydrogen-bond donors (Lipinski definition) is 2. The van der Waals surface area contributed by atoms with Gasteiger partial charge in [0.25, 0.3) is 5.56 Å². The fourth-order valence-electron chi connectivity index (χ4n) is 5.23. The molecule has 4 heterocycles. The summed E-state index contributed by atoms with van der Waals surface area (Å²) < 4.78 is 33.5. The molecule has 0 aliphatic carbocycles. The van der Waals surface area contributed by atoms with E-state index in [1.807, 2.05) is 20.8 Å². The third-order valence-corrected chi connectivity index (χ3v) is 9.12. The number of nitrogens with one attached hydrogen (secondary N) is 2. The quantitative estimate of drug-likeness (QED) is 0.499. The van der Waals surface area contributed by atoms with Crippen LogP contribution in [0.1, 0.15) is 45.6 Å². The van der Waals surface area contributed by atoms with Crippen LogP contribution in [-0.2, 0) is 26.8 Å². The molecule has 39 heavy (non-hydrogen) atoms. The van der Waals surface area contributed by atoms with Crippen LogP contribution in [0.2, 0.25) is 0 Å². The first kappa shape index (κ1) is 26.7. The number of nitriles is 1. The Bertz CT molecular complexity index is 1650. The molecule has 0 bridgehead atoms. The minimum Gasteiger partial charge on any atom is -0.444 e. The van der Waals surface area contributed by atoms with E-state index in [9.17, 15) is 23.3 Å². The van der Waals surface area contributed by atoms with Gasteiger partial charge in [0, 0.05) is 38.6 Å². The molecule has 12 nitrogen and oxygen atoms in total. The van der Waals surface area contributed by atoms with E-state index in [-0.39, 0.29) is 23.4 Å². The average molecular weight is 554 g/mol. The lowest BCUT2D eigenvalue weighted by Crippen LogP contribution is -2.49. The highest BCUT2D eigenvalue weighted by Crippen LogP contribution is 2.38. The summed E-state index contributed by atoms with van der Waals surface area (Å²) in [7, 11) is -1.97. The van der Waals surface area contributed by atoms with Crippen LogP contribution in [0.25, 0.3) is 10.9 Å². The van der Waals surface area contributed by atoms with Gasteiger partial charge in [-0.2, -0.15) is 14.7 Å². The summed E-state index contributed by atoms with van der Waals surface area (Å²) in [5, 5.41) is 18.1. The summed E-state index contributed by atoms with van der Waals surface area (Å²) in [6.07, 6.45) is 2.18. The van der Waals surface area contributed by atoms with Crippen molar-refractivity contribution >= 4 is 38.5 Å². The number of carbonyl (C=O) groups is 1. The van der Waals surface area contributed by atoms with Gasteiger partial charge in [-0.3, -0.25) is 9.48 Å². The molecule has 5 rings (SSSR count). The number of likely N-dealkylation sites (tertiary alicyclic amines) is 1. The lowest BCUT2D eigenvalue weighted by Gasteiger charge is -2.41. The molecule has 0 atom stereocenters. The van der Waals surface area contributed by atoms with E-state index in [2.05, 4.69) is 16.4 Å². The number of ether oxygens (including phenoxy) is 1. The van der Waals surface area contributed by atoms with Crippen LogP contribution < -0.4 is 10.9 Å². The van der Waals surface area contributed by atoms with Gasteiger partial charge in [-0.15, -0.1) is 0 Å². The van der Waals surface area contributed by atoms with E-state index >= 15 is 0 Å². The van der Waals surface area contributed by atoms with Crippen molar-refractivity contribution in [3.8, 4) is 6.07 Å². The molecule has 2 N–H and O–H groups in total. The lowest BCUT2D eigenvalue weighted by atomic mass is 9.85. The van der Waals surface area contributed by atoms with Gasteiger partial charge in [0.1, 0.15) is 11.0 Å². The van der Waals surface area contributed by atoms with Crippen LogP contribution in [0.4, 0.5) is 16.3 Å². The zero-order chi connectivity index (χ0) is 28.2. The van der Waals surface area contributed by atoms with Crippen molar-refractivity contribution in [3.63, 3.8) is 0 Å². The number of benzene rings is 1. The van der Waals surface area contributed by atoms with E-state index in [4.69, 9.17) is 9.84 Å². The Morgan fingerprint density at radius 3 is 2.64 bits per heavy atom. The van der Waals surface area contributed by atoms with E-state index < -0.39 is 27.3 Å². The average Bonchev–Trinajstić information content (AvgIpc) is 3.33. The largest absolute Gasteiger partial charge is 0.444 e. The molecule has 0 radical (unpaired) electrons. The molecule has 0 saturated carbocycles. The van der Waals surface area contributed by atoms with Crippen LogP contribution in [0.3, 0.4) is 0 Å². The van der Waals surface area contributed by atoms with Gasteiger partial charge in [0.2, 0.25) is 10.0 Å². The van der Waals surface area contributed by atoms with Gasteiger partial charge >= 0.3 is 6.09 Å². The molecule has 1 amide bonds. The Kier molecular flexibility index (Phi) is 6.43. The first-order valence-corrected chi connectivity index (χ1v) is 14.1. The van der Waals surface area contributed by atoms with Crippen LogP contribution in [0.15, 0.2) is 40.2 Å². The maximum Gasteiger partial charge on any atom is 0.410 e. The summed E-state index contributed by atoms with van der Waals surface area (Å²) in [6.45, 7) is 6.44. The third kappa shape index (κ3) is 4.74. The maximum atomic E-state index is 13.0. The molecule has 2 aliphatic heterocycles. The van der Waals surface area contributed by atoms with Crippen molar-refractivity contribution in [2.75, 3.05) is 25.5 Å². The highest BCUT2D eigenvalue weighted by atomic mass is 32.2. The number of nitrogens with zero attached hydrogens (tertiary/aromatic N) is 5. The van der Waals surface area contributed by atoms with Gasteiger partial charge < -0.3 is 19.9 Å². The SMILES string of the molecule is CN1Cc2cc(Nc3nn(C4(CC#N)CCN(C(=O)OC(C)(C)C)CC4)c4cc[nH]c(=O)c34)ccc2S1(=O)=O. The molecule has 1 aromatic carbocycles. The number of anilines is 2. The highest BCUT2D eigenvalue weighted by Gasteiger charge is 2.41. The van der Waals surface area contributed by atoms with E-state index in [1.165, 1.54) is 11.4 Å². The third-order valence-electron chi connectivity index (χ3n) is 7.21. The minimum absolute atomic E-state index is 0.140. The summed E-state index contributed by atoms with van der Waals surface area (Å²) in [6, 6.07) is 8.95. The second-order valence-corrected chi connectivity index (χ2v) is 13.1. The number of rotatable bonds is 4. The van der Waals surface area contributed by atoms with Gasteiger partial charge in [-0.1, -0.05) is 0 Å². The molecule has 1 fully saturated rings. The lowest BCUT2D eigenvalue weighted by molar-refractivity contribution is 0.0110. The Hall–Kier alpha value is -3.89. The predicted octanol–water partition coefficient (Wildman–Crippen LogP) is 3.24. The Morgan fingerprint density at radius 2 is 1.97 bits per heavy atom. The van der Waals surface area contributed by atoms with Crippen molar-refractivity contribution in [1.82, 2.24) is 24.0 Å². The maximum absolute atomic E-state index is 13.0. The molecule has 2 aromatic heterocycles. The number of H-pyrrole nitrogens is 1. The van der Waals surface area contributed by atoms with Crippen molar-refractivity contribution in [3.05, 3.63) is 46.4 Å². The highest BCUT2D eigenvalue weighted by molar-refractivity contribution is 7.89. The minimum atomic E-state index is -3.50. The van der Waals surface area contributed by atoms with E-state index in [0.29, 0.717) is 53.9 Å². The van der Waals surface area contributed by atoms with Crippen LogP contribution in [0, 0.1) is 11.3 Å².